The number of likely N-dealkylation sites (tertiary alicyclic amines) is 1. The predicted octanol–water partition coefficient (Wildman–Crippen LogP) is 3.54. The molecule has 0 bridgehead atoms. The molecule has 1 atom stereocenters. The minimum absolute atomic E-state index is 0.775. The van der Waals surface area contributed by atoms with E-state index in [4.69, 9.17) is 0 Å². The Labute approximate surface area is 121 Å². The van der Waals surface area contributed by atoms with Crippen molar-refractivity contribution in [3.05, 3.63) is 66.0 Å². The van der Waals surface area contributed by atoms with Gasteiger partial charge in [0.25, 0.3) is 0 Å². The van der Waals surface area contributed by atoms with Gasteiger partial charge in [-0.15, -0.1) is 0 Å². The highest BCUT2D eigenvalue weighted by atomic mass is 15.1. The van der Waals surface area contributed by atoms with Gasteiger partial charge in [0, 0.05) is 25.5 Å². The predicted molar refractivity (Wildman–Crippen MR) is 82.4 cm³/mol. The lowest BCUT2D eigenvalue weighted by atomic mass is 9.91. The fraction of sp³-hybridized carbons (Fsp3) is 0.389. The minimum Gasteiger partial charge on any atom is -0.299 e. The molecule has 1 aliphatic heterocycles. The van der Waals surface area contributed by atoms with E-state index in [0.717, 1.165) is 12.5 Å². The van der Waals surface area contributed by atoms with Gasteiger partial charge in [0.15, 0.2) is 0 Å². The molecule has 0 spiro atoms. The van der Waals surface area contributed by atoms with Crippen LogP contribution in [0.2, 0.25) is 0 Å². The average Bonchev–Trinajstić information content (AvgIpc) is 2.50. The lowest BCUT2D eigenvalue weighted by molar-refractivity contribution is 0.167. The first-order valence-electron chi connectivity index (χ1n) is 7.55. The third-order valence-electron chi connectivity index (χ3n) is 4.10. The molecule has 1 unspecified atom stereocenters. The molecule has 20 heavy (non-hydrogen) atoms. The van der Waals surface area contributed by atoms with Gasteiger partial charge in [-0.2, -0.15) is 0 Å². The van der Waals surface area contributed by atoms with Crippen LogP contribution in [-0.4, -0.2) is 23.0 Å². The van der Waals surface area contributed by atoms with Crippen LogP contribution in [0.15, 0.2) is 54.9 Å². The summed E-state index contributed by atoms with van der Waals surface area (Å²) in [4.78, 5) is 6.82. The molecule has 0 N–H and O–H groups in total. The highest BCUT2D eigenvalue weighted by molar-refractivity contribution is 5.15. The van der Waals surface area contributed by atoms with Crippen molar-refractivity contribution >= 4 is 0 Å². The number of hydrogen-bond acceptors (Lipinski definition) is 2. The maximum absolute atomic E-state index is 4.22. The van der Waals surface area contributed by atoms with Gasteiger partial charge in [-0.25, -0.2) is 0 Å². The standard InChI is InChI=1S/C18H22N2/c1-2-6-16(7-3-1)14-20-11-5-9-18(15-20)12-17-8-4-10-19-13-17/h1-4,6-8,10,13,18H,5,9,11-12,14-15H2. The number of hydrogen-bond donors (Lipinski definition) is 0. The van der Waals surface area contributed by atoms with Crippen LogP contribution in [0.5, 0.6) is 0 Å². The molecule has 0 saturated carbocycles. The van der Waals surface area contributed by atoms with Crippen molar-refractivity contribution < 1.29 is 0 Å². The summed E-state index contributed by atoms with van der Waals surface area (Å²) in [6.07, 6.45) is 7.69. The van der Waals surface area contributed by atoms with E-state index in [9.17, 15) is 0 Å². The summed E-state index contributed by atoms with van der Waals surface area (Å²) in [5.41, 5.74) is 2.80. The van der Waals surface area contributed by atoms with Crippen molar-refractivity contribution in [2.75, 3.05) is 13.1 Å². The van der Waals surface area contributed by atoms with Gasteiger partial charge < -0.3 is 0 Å². The first kappa shape index (κ1) is 13.3. The van der Waals surface area contributed by atoms with E-state index < -0.39 is 0 Å². The second-order valence-corrected chi connectivity index (χ2v) is 5.79. The SMILES string of the molecule is c1ccc(CN2CCCC(Cc3cccnc3)C2)cc1. The minimum atomic E-state index is 0.775. The normalized spacial score (nSPS) is 19.9. The van der Waals surface area contributed by atoms with Crippen molar-refractivity contribution in [3.63, 3.8) is 0 Å². The number of aromatic nitrogens is 1. The highest BCUT2D eigenvalue weighted by Gasteiger charge is 2.20. The van der Waals surface area contributed by atoms with Crippen LogP contribution < -0.4 is 0 Å². The number of benzene rings is 1. The summed E-state index contributed by atoms with van der Waals surface area (Å²) in [6.45, 7) is 3.53. The molecule has 2 heteroatoms. The van der Waals surface area contributed by atoms with E-state index in [1.165, 1.54) is 43.5 Å². The Morgan fingerprint density at radius 1 is 1.05 bits per heavy atom. The van der Waals surface area contributed by atoms with Crippen molar-refractivity contribution in [1.29, 1.82) is 0 Å². The van der Waals surface area contributed by atoms with Crippen LogP contribution in [0.4, 0.5) is 0 Å². The maximum atomic E-state index is 4.22. The Balaban J connectivity index is 1.57. The van der Waals surface area contributed by atoms with Crippen LogP contribution in [0.1, 0.15) is 24.0 Å². The number of pyridine rings is 1. The Kier molecular flexibility index (Phi) is 4.44. The van der Waals surface area contributed by atoms with Crippen molar-refractivity contribution in [2.24, 2.45) is 5.92 Å². The smallest absolute Gasteiger partial charge is 0.0299 e. The van der Waals surface area contributed by atoms with Gasteiger partial charge in [0.1, 0.15) is 0 Å². The van der Waals surface area contributed by atoms with E-state index in [0.29, 0.717) is 0 Å². The summed E-state index contributed by atoms with van der Waals surface area (Å²) in [6, 6.07) is 15.0. The largest absolute Gasteiger partial charge is 0.299 e. The Morgan fingerprint density at radius 2 is 1.90 bits per heavy atom. The van der Waals surface area contributed by atoms with Gasteiger partial charge in [-0.05, 0) is 48.9 Å². The second-order valence-electron chi connectivity index (χ2n) is 5.79. The first-order chi connectivity index (χ1) is 9.90. The average molecular weight is 266 g/mol. The molecule has 0 aliphatic carbocycles. The molecule has 1 aromatic carbocycles. The Morgan fingerprint density at radius 3 is 2.70 bits per heavy atom. The number of nitrogens with zero attached hydrogens (tertiary/aromatic N) is 2. The molecule has 1 aromatic heterocycles. The van der Waals surface area contributed by atoms with E-state index in [2.05, 4.69) is 46.3 Å². The Bertz CT molecular complexity index is 462. The maximum Gasteiger partial charge on any atom is 0.0299 e. The summed E-state index contributed by atoms with van der Waals surface area (Å²) in [5.74, 6) is 0.775. The van der Waals surface area contributed by atoms with Gasteiger partial charge in [0.05, 0.1) is 0 Å². The third-order valence-corrected chi connectivity index (χ3v) is 4.10. The van der Waals surface area contributed by atoms with Crippen molar-refractivity contribution in [2.45, 2.75) is 25.8 Å². The zero-order valence-electron chi connectivity index (χ0n) is 11.9. The molecule has 104 valence electrons. The lowest BCUT2D eigenvalue weighted by Gasteiger charge is -2.32. The molecule has 2 nitrogen and oxygen atoms in total. The second kappa shape index (κ2) is 6.67. The van der Waals surface area contributed by atoms with Crippen molar-refractivity contribution in [3.8, 4) is 0 Å². The molecule has 1 aliphatic rings. The lowest BCUT2D eigenvalue weighted by Crippen LogP contribution is -2.35. The zero-order valence-corrected chi connectivity index (χ0v) is 11.9. The third kappa shape index (κ3) is 3.67. The van der Waals surface area contributed by atoms with Gasteiger partial charge in [0.2, 0.25) is 0 Å². The Hall–Kier alpha value is -1.67. The summed E-state index contributed by atoms with van der Waals surface area (Å²) >= 11 is 0. The highest BCUT2D eigenvalue weighted by Crippen LogP contribution is 2.21. The van der Waals surface area contributed by atoms with Crippen molar-refractivity contribution in [1.82, 2.24) is 9.88 Å². The van der Waals surface area contributed by atoms with Crippen LogP contribution in [0, 0.1) is 5.92 Å². The van der Waals surface area contributed by atoms with Gasteiger partial charge in [-0.3, -0.25) is 9.88 Å². The van der Waals surface area contributed by atoms with E-state index in [1.807, 2.05) is 18.5 Å². The zero-order chi connectivity index (χ0) is 13.6. The molecule has 0 amide bonds. The summed E-state index contributed by atoms with van der Waals surface area (Å²) in [5, 5.41) is 0. The molecule has 2 aromatic rings. The molecule has 3 rings (SSSR count). The quantitative estimate of drug-likeness (QED) is 0.841. The first-order valence-corrected chi connectivity index (χ1v) is 7.55. The molecular formula is C18H22N2. The van der Waals surface area contributed by atoms with Crippen LogP contribution >= 0.6 is 0 Å². The van der Waals surface area contributed by atoms with Crippen LogP contribution in [0.3, 0.4) is 0 Å². The van der Waals surface area contributed by atoms with E-state index >= 15 is 0 Å². The van der Waals surface area contributed by atoms with Crippen LogP contribution in [0.25, 0.3) is 0 Å². The molecular weight excluding hydrogens is 244 g/mol. The van der Waals surface area contributed by atoms with Gasteiger partial charge in [-0.1, -0.05) is 36.4 Å². The topological polar surface area (TPSA) is 16.1 Å². The number of piperidine rings is 1. The van der Waals surface area contributed by atoms with E-state index in [-0.39, 0.29) is 0 Å². The molecule has 1 saturated heterocycles. The number of rotatable bonds is 4. The molecule has 1 fully saturated rings. The molecule has 2 heterocycles. The van der Waals surface area contributed by atoms with E-state index in [1.54, 1.807) is 0 Å². The fourth-order valence-corrected chi connectivity index (χ4v) is 3.16. The summed E-state index contributed by atoms with van der Waals surface area (Å²) < 4.78 is 0. The molecule has 0 radical (unpaired) electrons. The fourth-order valence-electron chi connectivity index (χ4n) is 3.16. The van der Waals surface area contributed by atoms with Crippen LogP contribution in [-0.2, 0) is 13.0 Å². The summed E-state index contributed by atoms with van der Waals surface area (Å²) in [7, 11) is 0. The monoisotopic (exact) mass is 266 g/mol. The van der Waals surface area contributed by atoms with Gasteiger partial charge >= 0.3 is 0 Å².